The maximum atomic E-state index is 10.6. The van der Waals surface area contributed by atoms with Crippen LogP contribution in [0.4, 0.5) is 0 Å². The first-order valence-corrected chi connectivity index (χ1v) is 4.46. The van der Waals surface area contributed by atoms with E-state index in [0.717, 1.165) is 0 Å². The number of rotatable bonds is 4. The second-order valence-electron chi connectivity index (χ2n) is 3.15. The van der Waals surface area contributed by atoms with Gasteiger partial charge in [0.15, 0.2) is 0 Å². The fourth-order valence-electron chi connectivity index (χ4n) is 1.64. The van der Waals surface area contributed by atoms with Gasteiger partial charge in [-0.2, -0.15) is 12.6 Å². The standard InChI is InChI=1S/C7H11NO4S/c8-5(7(11)12)3-2(1-13)4(3)6(9)10/h2-5,13H,1,8H2,(H,9,10)(H,11,12)/t2-,3+,4+,5+/m1/s1. The number of thiol groups is 1. The van der Waals surface area contributed by atoms with Crippen LogP contribution < -0.4 is 5.73 Å². The fraction of sp³-hybridized carbons (Fsp3) is 0.714. The molecule has 1 fully saturated rings. The molecule has 4 N–H and O–H groups in total. The zero-order chi connectivity index (χ0) is 10.2. The summed E-state index contributed by atoms with van der Waals surface area (Å²) in [5.41, 5.74) is 5.32. The molecule has 0 aromatic heterocycles. The van der Waals surface area contributed by atoms with Crippen molar-refractivity contribution in [1.82, 2.24) is 0 Å². The summed E-state index contributed by atoms with van der Waals surface area (Å²) in [5, 5.41) is 17.2. The molecule has 1 aliphatic rings. The molecular weight excluding hydrogens is 194 g/mol. The van der Waals surface area contributed by atoms with Crippen LogP contribution in [0, 0.1) is 17.8 Å². The van der Waals surface area contributed by atoms with Crippen LogP contribution >= 0.6 is 12.6 Å². The van der Waals surface area contributed by atoms with Gasteiger partial charge in [0.05, 0.1) is 5.92 Å². The number of hydrogen-bond donors (Lipinski definition) is 4. The maximum Gasteiger partial charge on any atom is 0.320 e. The Morgan fingerprint density at radius 3 is 2.23 bits per heavy atom. The van der Waals surface area contributed by atoms with Crippen molar-refractivity contribution in [2.45, 2.75) is 6.04 Å². The molecule has 0 amide bonds. The van der Waals surface area contributed by atoms with Crippen LogP contribution in [0.2, 0.25) is 0 Å². The lowest BCUT2D eigenvalue weighted by Gasteiger charge is -2.03. The minimum absolute atomic E-state index is 0.202. The highest BCUT2D eigenvalue weighted by Crippen LogP contribution is 2.48. The first-order chi connectivity index (χ1) is 6.00. The van der Waals surface area contributed by atoms with Gasteiger partial charge in [0.25, 0.3) is 0 Å². The highest BCUT2D eigenvalue weighted by atomic mass is 32.1. The molecule has 6 heteroatoms. The van der Waals surface area contributed by atoms with Crippen LogP contribution in [0.1, 0.15) is 0 Å². The third kappa shape index (κ3) is 1.78. The van der Waals surface area contributed by atoms with E-state index in [4.69, 9.17) is 15.9 Å². The normalized spacial score (nSPS) is 33.8. The van der Waals surface area contributed by atoms with Crippen LogP contribution in [-0.2, 0) is 9.59 Å². The molecule has 1 rings (SSSR count). The van der Waals surface area contributed by atoms with E-state index >= 15 is 0 Å². The Balaban J connectivity index is 2.63. The molecule has 0 saturated heterocycles. The molecule has 1 saturated carbocycles. The second kappa shape index (κ2) is 3.55. The average Bonchev–Trinajstić information content (AvgIpc) is 2.76. The topological polar surface area (TPSA) is 101 Å². The molecule has 0 aromatic carbocycles. The van der Waals surface area contributed by atoms with Crippen LogP contribution in [0.5, 0.6) is 0 Å². The molecule has 0 unspecified atom stereocenters. The van der Waals surface area contributed by atoms with Gasteiger partial charge in [-0.25, -0.2) is 0 Å². The molecule has 0 aromatic rings. The Labute approximate surface area is 80.3 Å². The highest BCUT2D eigenvalue weighted by molar-refractivity contribution is 7.80. The molecule has 0 spiro atoms. The van der Waals surface area contributed by atoms with Gasteiger partial charge in [0, 0.05) is 5.92 Å². The predicted octanol–water partition coefficient (Wildman–Crippen LogP) is -0.725. The van der Waals surface area contributed by atoms with Crippen molar-refractivity contribution in [1.29, 1.82) is 0 Å². The Kier molecular flexibility index (Phi) is 2.82. The Bertz CT molecular complexity index is 245. The van der Waals surface area contributed by atoms with Gasteiger partial charge in [-0.1, -0.05) is 0 Å². The van der Waals surface area contributed by atoms with Crippen molar-refractivity contribution in [2.75, 3.05) is 5.75 Å². The van der Waals surface area contributed by atoms with E-state index in [0.29, 0.717) is 5.75 Å². The molecule has 0 heterocycles. The predicted molar refractivity (Wildman–Crippen MR) is 47.6 cm³/mol. The molecule has 0 radical (unpaired) electrons. The van der Waals surface area contributed by atoms with Crippen molar-refractivity contribution in [3.63, 3.8) is 0 Å². The fourth-order valence-corrected chi connectivity index (χ4v) is 2.11. The minimum Gasteiger partial charge on any atom is -0.481 e. The summed E-state index contributed by atoms with van der Waals surface area (Å²) >= 11 is 3.94. The quantitative estimate of drug-likeness (QED) is 0.453. The van der Waals surface area contributed by atoms with E-state index in [1.54, 1.807) is 0 Å². The van der Waals surface area contributed by atoms with Crippen LogP contribution in [0.3, 0.4) is 0 Å². The Hall–Kier alpha value is -0.750. The number of carboxylic acid groups (broad SMARTS) is 2. The monoisotopic (exact) mass is 205 g/mol. The lowest BCUT2D eigenvalue weighted by atomic mass is 10.1. The molecule has 74 valence electrons. The van der Waals surface area contributed by atoms with Crippen molar-refractivity contribution in [3.05, 3.63) is 0 Å². The van der Waals surface area contributed by atoms with Crippen LogP contribution in [0.25, 0.3) is 0 Å². The van der Waals surface area contributed by atoms with Gasteiger partial charge < -0.3 is 15.9 Å². The number of hydrogen-bond acceptors (Lipinski definition) is 4. The number of nitrogens with two attached hydrogens (primary N) is 1. The van der Waals surface area contributed by atoms with Crippen LogP contribution in [0.15, 0.2) is 0 Å². The lowest BCUT2D eigenvalue weighted by Crippen LogP contribution is -2.34. The van der Waals surface area contributed by atoms with Crippen molar-refractivity contribution in [2.24, 2.45) is 23.5 Å². The van der Waals surface area contributed by atoms with E-state index in [-0.39, 0.29) is 5.92 Å². The number of aliphatic carboxylic acids is 2. The smallest absolute Gasteiger partial charge is 0.320 e. The average molecular weight is 205 g/mol. The molecule has 5 nitrogen and oxygen atoms in total. The third-order valence-corrected chi connectivity index (χ3v) is 2.85. The van der Waals surface area contributed by atoms with Crippen LogP contribution in [-0.4, -0.2) is 33.9 Å². The summed E-state index contributed by atoms with van der Waals surface area (Å²) in [6.07, 6.45) is 0. The van der Waals surface area contributed by atoms with Crippen molar-refractivity contribution in [3.8, 4) is 0 Å². The summed E-state index contributed by atoms with van der Waals surface area (Å²) in [6, 6.07) is -1.08. The zero-order valence-corrected chi connectivity index (χ0v) is 7.65. The number of carboxylic acids is 2. The van der Waals surface area contributed by atoms with Gasteiger partial charge in [-0.05, 0) is 11.7 Å². The molecule has 0 bridgehead atoms. The Morgan fingerprint density at radius 2 is 2.00 bits per heavy atom. The SMILES string of the molecule is N[C@H](C(=O)O)[C@H]1[C@@H](CS)[C@@H]1C(=O)O. The summed E-state index contributed by atoms with van der Waals surface area (Å²) < 4.78 is 0. The number of carbonyl (C=O) groups is 2. The van der Waals surface area contributed by atoms with Gasteiger partial charge in [0.1, 0.15) is 6.04 Å². The van der Waals surface area contributed by atoms with E-state index in [1.165, 1.54) is 0 Å². The summed E-state index contributed by atoms with van der Waals surface area (Å²) in [5.74, 6) is -3.08. The van der Waals surface area contributed by atoms with Gasteiger partial charge in [-0.3, -0.25) is 9.59 Å². The molecule has 4 atom stereocenters. The zero-order valence-electron chi connectivity index (χ0n) is 6.75. The van der Waals surface area contributed by atoms with Crippen molar-refractivity contribution < 1.29 is 19.8 Å². The molecule has 1 aliphatic carbocycles. The first-order valence-electron chi connectivity index (χ1n) is 3.82. The van der Waals surface area contributed by atoms with E-state index in [2.05, 4.69) is 12.6 Å². The summed E-state index contributed by atoms with van der Waals surface area (Å²) in [4.78, 5) is 21.1. The third-order valence-electron chi connectivity index (χ3n) is 2.43. The largest absolute Gasteiger partial charge is 0.481 e. The van der Waals surface area contributed by atoms with Crippen molar-refractivity contribution >= 4 is 24.6 Å². The van der Waals surface area contributed by atoms with Gasteiger partial charge in [0.2, 0.25) is 0 Å². The van der Waals surface area contributed by atoms with Gasteiger partial charge >= 0.3 is 11.9 Å². The first kappa shape index (κ1) is 10.3. The van der Waals surface area contributed by atoms with Gasteiger partial charge in [-0.15, -0.1) is 0 Å². The Morgan fingerprint density at radius 1 is 1.46 bits per heavy atom. The van der Waals surface area contributed by atoms with E-state index < -0.39 is 29.8 Å². The molecular formula is C7H11NO4S. The second-order valence-corrected chi connectivity index (χ2v) is 3.52. The van der Waals surface area contributed by atoms with E-state index in [1.807, 2.05) is 0 Å². The summed E-state index contributed by atoms with van der Waals surface area (Å²) in [7, 11) is 0. The van der Waals surface area contributed by atoms with E-state index in [9.17, 15) is 9.59 Å². The summed E-state index contributed by atoms with van der Waals surface area (Å²) in [6.45, 7) is 0. The maximum absolute atomic E-state index is 10.6. The highest BCUT2D eigenvalue weighted by Gasteiger charge is 2.58. The lowest BCUT2D eigenvalue weighted by molar-refractivity contribution is -0.140. The molecule has 0 aliphatic heterocycles. The minimum atomic E-state index is -1.15. The molecule has 13 heavy (non-hydrogen) atoms.